The number of urea groups is 1. The van der Waals surface area contributed by atoms with E-state index in [4.69, 9.17) is 0 Å². The maximum Gasteiger partial charge on any atom is 0.333 e. The average molecular weight is 517 g/mol. The molecule has 2 saturated heterocycles. The maximum atomic E-state index is 14.2. The Hall–Kier alpha value is -4.18. The molecule has 5 rings (SSSR count). The average Bonchev–Trinajstić information content (AvgIpc) is 2.90. The van der Waals surface area contributed by atoms with Crippen molar-refractivity contribution in [2.24, 2.45) is 0 Å². The van der Waals surface area contributed by atoms with Gasteiger partial charge in [0.05, 0.1) is 18.1 Å². The molecular weight excluding hydrogens is 484 g/mol. The number of fused-ring (bicyclic) bond motifs is 2. The monoisotopic (exact) mass is 516 g/mol. The zero-order valence-electron chi connectivity index (χ0n) is 21.7. The Morgan fingerprint density at radius 1 is 1.11 bits per heavy atom. The first kappa shape index (κ1) is 25.5. The van der Waals surface area contributed by atoms with Gasteiger partial charge in [-0.3, -0.25) is 14.6 Å². The molecule has 38 heavy (non-hydrogen) atoms. The summed E-state index contributed by atoms with van der Waals surface area (Å²) in [6, 6.07) is 14.7. The summed E-state index contributed by atoms with van der Waals surface area (Å²) in [7, 11) is 1.71. The van der Waals surface area contributed by atoms with Crippen LogP contribution in [0.5, 0.6) is 5.75 Å². The molecule has 4 amide bonds. The lowest BCUT2D eigenvalue weighted by Crippen LogP contribution is -2.78. The van der Waals surface area contributed by atoms with E-state index < -0.39 is 18.2 Å². The Kier molecular flexibility index (Phi) is 6.90. The van der Waals surface area contributed by atoms with Crippen molar-refractivity contribution in [2.75, 3.05) is 20.1 Å². The lowest BCUT2D eigenvalue weighted by molar-refractivity contribution is -0.196. The molecule has 2 N–H and O–H groups in total. The van der Waals surface area contributed by atoms with Gasteiger partial charge in [-0.15, -0.1) is 0 Å². The van der Waals surface area contributed by atoms with Crippen LogP contribution in [0.15, 0.2) is 60.8 Å². The summed E-state index contributed by atoms with van der Waals surface area (Å²) in [4.78, 5) is 48.7. The van der Waals surface area contributed by atoms with Gasteiger partial charge in [0.2, 0.25) is 11.8 Å². The first-order valence-electron chi connectivity index (χ1n) is 12.8. The molecule has 3 atom stereocenters. The molecule has 0 aliphatic carbocycles. The Balaban J connectivity index is 1.58. The summed E-state index contributed by atoms with van der Waals surface area (Å²) in [5.41, 5.74) is 2.50. The molecular formula is C28H32N6O4. The molecule has 3 aromatic rings. The molecule has 1 aromatic heterocycles. The highest BCUT2D eigenvalue weighted by Crippen LogP contribution is 2.33. The Morgan fingerprint density at radius 2 is 1.84 bits per heavy atom. The molecule has 2 aliphatic rings. The van der Waals surface area contributed by atoms with Crippen molar-refractivity contribution in [1.29, 1.82) is 0 Å². The Bertz CT molecular complexity index is 1360. The number of rotatable bonds is 5. The summed E-state index contributed by atoms with van der Waals surface area (Å²) in [5.74, 6) is -0.282. The number of nitrogens with one attached hydrogen (secondary N) is 1. The van der Waals surface area contributed by atoms with E-state index >= 15 is 0 Å². The second-order valence-corrected chi connectivity index (χ2v) is 9.80. The van der Waals surface area contributed by atoms with Crippen molar-refractivity contribution in [2.45, 2.75) is 45.1 Å². The minimum atomic E-state index is -0.818. The quantitative estimate of drug-likeness (QED) is 0.539. The third kappa shape index (κ3) is 4.51. The first-order chi connectivity index (χ1) is 18.3. The predicted octanol–water partition coefficient (Wildman–Crippen LogP) is 2.33. The van der Waals surface area contributed by atoms with Gasteiger partial charge in [-0.25, -0.2) is 14.8 Å². The molecule has 0 spiro atoms. The number of piperazine rings is 1. The summed E-state index contributed by atoms with van der Waals surface area (Å²) >= 11 is 0. The molecule has 198 valence electrons. The standard InChI is InChI=1S/C28H32N6O4/c1-4-29-28(38)34-26-18(2)32(16-21-8-5-7-20-9-6-14-30-25(20)21)27(37)23(33(26)24(36)17-31(34)3)15-19-10-12-22(35)13-11-19/h5-14,18,23,26,35H,4,15-17H2,1-3H3,(H,29,38)/t18-,23-,26-/m0/s1. The third-order valence-corrected chi connectivity index (χ3v) is 7.34. The van der Waals surface area contributed by atoms with Crippen molar-refractivity contribution in [1.82, 2.24) is 30.1 Å². The number of benzene rings is 2. The van der Waals surface area contributed by atoms with E-state index in [-0.39, 0.29) is 43.1 Å². The number of hydrazine groups is 1. The molecule has 10 nitrogen and oxygen atoms in total. The van der Waals surface area contributed by atoms with E-state index in [9.17, 15) is 19.5 Å². The van der Waals surface area contributed by atoms with Gasteiger partial charge in [0.1, 0.15) is 18.0 Å². The van der Waals surface area contributed by atoms with Gasteiger partial charge in [0.25, 0.3) is 0 Å². The topological polar surface area (TPSA) is 109 Å². The minimum Gasteiger partial charge on any atom is -0.508 e. The van der Waals surface area contributed by atoms with Crippen LogP contribution in [-0.4, -0.2) is 86.1 Å². The van der Waals surface area contributed by atoms with Crippen LogP contribution in [0.4, 0.5) is 4.79 Å². The zero-order valence-corrected chi connectivity index (χ0v) is 21.7. The number of hydrogen-bond donors (Lipinski definition) is 2. The number of hydrogen-bond acceptors (Lipinski definition) is 6. The van der Waals surface area contributed by atoms with Crippen LogP contribution in [-0.2, 0) is 22.6 Å². The van der Waals surface area contributed by atoms with Crippen molar-refractivity contribution in [3.63, 3.8) is 0 Å². The summed E-state index contributed by atoms with van der Waals surface area (Å²) in [6.45, 7) is 4.41. The number of phenols is 1. The fourth-order valence-electron chi connectivity index (χ4n) is 5.54. The number of pyridine rings is 1. The number of carbonyl (C=O) groups is 3. The van der Waals surface area contributed by atoms with Crippen molar-refractivity contribution in [3.05, 3.63) is 71.9 Å². The first-order valence-corrected chi connectivity index (χ1v) is 12.8. The fourth-order valence-corrected chi connectivity index (χ4v) is 5.54. The van der Waals surface area contributed by atoms with E-state index in [1.165, 1.54) is 0 Å². The number of phenolic OH excluding ortho intramolecular Hbond substituents is 1. The van der Waals surface area contributed by atoms with Crippen molar-refractivity contribution in [3.8, 4) is 5.75 Å². The SMILES string of the molecule is CCNC(=O)N1[C@H]2[C@H](C)N(Cc3cccc4cccnc34)C(=O)[C@H](Cc3ccc(O)cc3)N2C(=O)CN1C. The largest absolute Gasteiger partial charge is 0.508 e. The van der Waals surface area contributed by atoms with E-state index in [1.807, 2.05) is 44.2 Å². The van der Waals surface area contributed by atoms with Crippen LogP contribution in [0.3, 0.4) is 0 Å². The van der Waals surface area contributed by atoms with E-state index in [2.05, 4.69) is 10.3 Å². The van der Waals surface area contributed by atoms with Gasteiger partial charge < -0.3 is 20.2 Å². The molecule has 0 radical (unpaired) electrons. The molecule has 2 aromatic carbocycles. The van der Waals surface area contributed by atoms with E-state index in [1.54, 1.807) is 57.3 Å². The number of nitrogens with zero attached hydrogens (tertiary/aromatic N) is 5. The molecule has 3 heterocycles. The zero-order chi connectivity index (χ0) is 27.0. The molecule has 0 bridgehead atoms. The summed E-state index contributed by atoms with van der Waals surface area (Å²) in [6.07, 6.45) is 1.29. The van der Waals surface area contributed by atoms with E-state index in [0.29, 0.717) is 6.54 Å². The van der Waals surface area contributed by atoms with Gasteiger partial charge in [-0.2, -0.15) is 0 Å². The second kappa shape index (κ2) is 10.3. The lowest BCUT2D eigenvalue weighted by Gasteiger charge is -2.57. The molecule has 0 unspecified atom stereocenters. The molecule has 10 heteroatoms. The van der Waals surface area contributed by atoms with Gasteiger partial charge in [0.15, 0.2) is 0 Å². The van der Waals surface area contributed by atoms with Crippen LogP contribution < -0.4 is 5.32 Å². The normalized spacial score (nSPS) is 22.1. The van der Waals surface area contributed by atoms with E-state index in [0.717, 1.165) is 22.0 Å². The Morgan fingerprint density at radius 3 is 2.58 bits per heavy atom. The smallest absolute Gasteiger partial charge is 0.333 e. The minimum absolute atomic E-state index is 0.0209. The fraction of sp³-hybridized carbons (Fsp3) is 0.357. The number of aromatic hydroxyl groups is 1. The molecule has 2 aliphatic heterocycles. The van der Waals surface area contributed by atoms with Crippen LogP contribution in [0.1, 0.15) is 25.0 Å². The maximum absolute atomic E-state index is 14.2. The number of aromatic nitrogens is 1. The predicted molar refractivity (Wildman–Crippen MR) is 142 cm³/mol. The number of carbonyl (C=O) groups excluding carboxylic acids is 3. The highest BCUT2D eigenvalue weighted by atomic mass is 16.3. The van der Waals surface area contributed by atoms with Crippen LogP contribution in [0.2, 0.25) is 0 Å². The second-order valence-electron chi connectivity index (χ2n) is 9.80. The van der Waals surface area contributed by atoms with Crippen LogP contribution >= 0.6 is 0 Å². The molecule has 0 saturated carbocycles. The number of para-hydroxylation sites is 1. The van der Waals surface area contributed by atoms with Crippen molar-refractivity contribution < 1.29 is 19.5 Å². The van der Waals surface area contributed by atoms with Gasteiger partial charge in [-0.1, -0.05) is 36.4 Å². The van der Waals surface area contributed by atoms with Crippen molar-refractivity contribution >= 4 is 28.7 Å². The van der Waals surface area contributed by atoms with Crippen LogP contribution in [0, 0.1) is 0 Å². The highest BCUT2D eigenvalue weighted by molar-refractivity contribution is 5.92. The lowest BCUT2D eigenvalue weighted by atomic mass is 9.94. The highest BCUT2D eigenvalue weighted by Gasteiger charge is 2.54. The number of likely N-dealkylation sites (N-methyl/N-ethyl adjacent to an activating group) is 1. The van der Waals surface area contributed by atoms with Crippen LogP contribution in [0.25, 0.3) is 10.9 Å². The summed E-state index contributed by atoms with van der Waals surface area (Å²) in [5, 5.41) is 16.7. The summed E-state index contributed by atoms with van der Waals surface area (Å²) < 4.78 is 0. The third-order valence-electron chi connectivity index (χ3n) is 7.34. The van der Waals surface area contributed by atoms with Gasteiger partial charge >= 0.3 is 6.03 Å². The molecule has 2 fully saturated rings. The number of amides is 4. The Labute approximate surface area is 221 Å². The van der Waals surface area contributed by atoms with Gasteiger partial charge in [-0.05, 0) is 43.2 Å². The van der Waals surface area contributed by atoms with Gasteiger partial charge in [0, 0.05) is 38.1 Å².